The van der Waals surface area contributed by atoms with Crippen LogP contribution in [0.2, 0.25) is 0 Å². The highest BCUT2D eigenvalue weighted by Gasteiger charge is 2.15. The predicted molar refractivity (Wildman–Crippen MR) is 99.8 cm³/mol. The topological polar surface area (TPSA) is 69.0 Å². The van der Waals surface area contributed by atoms with Crippen molar-refractivity contribution in [1.82, 2.24) is 4.98 Å². The molecule has 0 saturated carbocycles. The van der Waals surface area contributed by atoms with Crippen LogP contribution in [0.15, 0.2) is 41.6 Å². The lowest BCUT2D eigenvalue weighted by molar-refractivity contribution is 0.321. The zero-order chi connectivity index (χ0) is 17.5. The molecule has 0 radical (unpaired) electrons. The zero-order valence-corrected chi connectivity index (χ0v) is 14.4. The molecule has 132 valence electrons. The average Bonchev–Trinajstić information content (AvgIpc) is 2.64. The van der Waals surface area contributed by atoms with Crippen molar-refractivity contribution in [1.29, 1.82) is 0 Å². The van der Waals surface area contributed by atoms with Crippen molar-refractivity contribution < 1.29 is 10.3 Å². The zero-order valence-electron chi connectivity index (χ0n) is 14.4. The lowest BCUT2D eigenvalue weighted by Crippen LogP contribution is -2.30. The van der Waals surface area contributed by atoms with Crippen molar-refractivity contribution in [3.05, 3.63) is 53.3 Å². The van der Waals surface area contributed by atoms with Crippen LogP contribution < -0.4 is 4.90 Å². The van der Waals surface area contributed by atoms with E-state index in [4.69, 9.17) is 5.21 Å². The van der Waals surface area contributed by atoms with Crippen molar-refractivity contribution in [2.24, 2.45) is 5.16 Å². The molecule has 2 N–H and O–H groups in total. The first-order valence-corrected chi connectivity index (χ1v) is 8.97. The van der Waals surface area contributed by atoms with Gasteiger partial charge in [-0.15, -0.1) is 0 Å². The lowest BCUT2D eigenvalue weighted by Gasteiger charge is -2.31. The van der Waals surface area contributed by atoms with Gasteiger partial charge in [0, 0.05) is 24.5 Å². The average molecular weight is 339 g/mol. The molecule has 0 fully saturated rings. The van der Waals surface area contributed by atoms with E-state index in [0.717, 1.165) is 50.7 Å². The lowest BCUT2D eigenvalue weighted by atomic mass is 10.0. The molecular formula is C20H25N3O2. The monoisotopic (exact) mass is 339 g/mol. The largest absolute Gasteiger partial charge is 0.506 e. The van der Waals surface area contributed by atoms with E-state index in [2.05, 4.69) is 39.3 Å². The summed E-state index contributed by atoms with van der Waals surface area (Å²) < 4.78 is 0. The Bertz CT molecular complexity index is 731. The molecule has 1 aliphatic rings. The molecule has 0 saturated heterocycles. The third kappa shape index (κ3) is 4.50. The first-order chi connectivity index (χ1) is 12.3. The summed E-state index contributed by atoms with van der Waals surface area (Å²) in [6.07, 6.45) is 7.82. The van der Waals surface area contributed by atoms with Gasteiger partial charge in [-0.1, -0.05) is 29.8 Å². The Morgan fingerprint density at radius 3 is 2.88 bits per heavy atom. The SMILES string of the molecule is ON=Cc1nc(CCCCCN2CCCc3ccccc32)ccc1O. The van der Waals surface area contributed by atoms with E-state index in [1.165, 1.54) is 24.1 Å². The molecule has 25 heavy (non-hydrogen) atoms. The van der Waals surface area contributed by atoms with Crippen LogP contribution in [0.1, 0.15) is 42.6 Å². The maximum Gasteiger partial charge on any atom is 0.142 e. The van der Waals surface area contributed by atoms with E-state index in [1.54, 1.807) is 6.07 Å². The van der Waals surface area contributed by atoms with Crippen LogP contribution in [0.4, 0.5) is 5.69 Å². The van der Waals surface area contributed by atoms with Crippen LogP contribution in [-0.2, 0) is 12.8 Å². The molecule has 0 atom stereocenters. The van der Waals surface area contributed by atoms with Crippen LogP contribution in [0.3, 0.4) is 0 Å². The number of anilines is 1. The van der Waals surface area contributed by atoms with Gasteiger partial charge in [0.2, 0.25) is 0 Å². The second kappa shape index (κ2) is 8.51. The first kappa shape index (κ1) is 17.3. The molecule has 1 aliphatic heterocycles. The quantitative estimate of drug-likeness (QED) is 0.349. The highest BCUT2D eigenvalue weighted by atomic mass is 16.4. The Kier molecular flexibility index (Phi) is 5.88. The number of para-hydroxylation sites is 1. The highest BCUT2D eigenvalue weighted by molar-refractivity contribution is 5.80. The third-order valence-electron chi connectivity index (χ3n) is 4.71. The van der Waals surface area contributed by atoms with Crippen LogP contribution in [0.25, 0.3) is 0 Å². The first-order valence-electron chi connectivity index (χ1n) is 8.97. The summed E-state index contributed by atoms with van der Waals surface area (Å²) in [7, 11) is 0. The molecule has 0 spiro atoms. The maximum absolute atomic E-state index is 9.63. The van der Waals surface area contributed by atoms with Gasteiger partial charge in [-0.2, -0.15) is 0 Å². The Labute approximate surface area is 148 Å². The van der Waals surface area contributed by atoms with Gasteiger partial charge in [0.1, 0.15) is 11.4 Å². The Morgan fingerprint density at radius 2 is 2.00 bits per heavy atom. The molecule has 0 unspecified atom stereocenters. The van der Waals surface area contributed by atoms with Crippen LogP contribution >= 0.6 is 0 Å². The number of rotatable bonds is 7. The van der Waals surface area contributed by atoms with Crippen molar-refractivity contribution >= 4 is 11.9 Å². The molecule has 5 heteroatoms. The number of aromatic nitrogens is 1. The van der Waals surface area contributed by atoms with E-state index >= 15 is 0 Å². The number of fused-ring (bicyclic) bond motifs is 1. The fourth-order valence-electron chi connectivity index (χ4n) is 3.43. The van der Waals surface area contributed by atoms with E-state index in [1.807, 2.05) is 6.07 Å². The Morgan fingerprint density at radius 1 is 1.12 bits per heavy atom. The summed E-state index contributed by atoms with van der Waals surface area (Å²) in [5.41, 5.74) is 4.10. The maximum atomic E-state index is 9.63. The fraction of sp³-hybridized carbons (Fsp3) is 0.400. The number of aryl methyl sites for hydroxylation is 2. The van der Waals surface area contributed by atoms with Crippen molar-refractivity contribution in [2.45, 2.75) is 38.5 Å². The molecule has 2 heterocycles. The van der Waals surface area contributed by atoms with Gasteiger partial charge in [-0.05, 0) is 55.9 Å². The van der Waals surface area contributed by atoms with Gasteiger partial charge in [0.05, 0.1) is 6.21 Å². The minimum absolute atomic E-state index is 0.0327. The van der Waals surface area contributed by atoms with Gasteiger partial charge in [-0.3, -0.25) is 0 Å². The summed E-state index contributed by atoms with van der Waals surface area (Å²) in [6.45, 7) is 2.25. The van der Waals surface area contributed by atoms with Crippen LogP contribution in [0, 0.1) is 0 Å². The van der Waals surface area contributed by atoms with Crippen LogP contribution in [-0.4, -0.2) is 34.6 Å². The van der Waals surface area contributed by atoms with Gasteiger partial charge < -0.3 is 15.2 Å². The van der Waals surface area contributed by atoms with E-state index < -0.39 is 0 Å². The Balaban J connectivity index is 1.45. The summed E-state index contributed by atoms with van der Waals surface area (Å²) >= 11 is 0. The number of oxime groups is 1. The molecule has 1 aromatic carbocycles. The molecule has 1 aromatic heterocycles. The van der Waals surface area contributed by atoms with Gasteiger partial charge in [0.15, 0.2) is 0 Å². The minimum atomic E-state index is 0.0327. The van der Waals surface area contributed by atoms with Gasteiger partial charge in [0.25, 0.3) is 0 Å². The van der Waals surface area contributed by atoms with Crippen LogP contribution in [0.5, 0.6) is 5.75 Å². The number of aromatic hydroxyl groups is 1. The van der Waals surface area contributed by atoms with Gasteiger partial charge in [-0.25, -0.2) is 4.98 Å². The number of nitrogens with zero attached hydrogens (tertiary/aromatic N) is 3. The normalized spacial score (nSPS) is 14.0. The number of hydrogen-bond acceptors (Lipinski definition) is 5. The smallest absolute Gasteiger partial charge is 0.142 e. The van der Waals surface area contributed by atoms with E-state index in [0.29, 0.717) is 5.69 Å². The highest BCUT2D eigenvalue weighted by Crippen LogP contribution is 2.26. The summed E-state index contributed by atoms with van der Waals surface area (Å²) in [5, 5.41) is 21.2. The van der Waals surface area contributed by atoms with Crippen molar-refractivity contribution in [3.63, 3.8) is 0 Å². The molecule has 0 amide bonds. The molecule has 3 rings (SSSR count). The number of benzene rings is 1. The van der Waals surface area contributed by atoms with Gasteiger partial charge >= 0.3 is 0 Å². The Hall–Kier alpha value is -2.56. The second-order valence-electron chi connectivity index (χ2n) is 6.48. The molecule has 0 bridgehead atoms. The molecule has 5 nitrogen and oxygen atoms in total. The van der Waals surface area contributed by atoms with E-state index in [-0.39, 0.29) is 5.75 Å². The number of pyridine rings is 1. The number of hydrogen-bond donors (Lipinski definition) is 2. The molecular weight excluding hydrogens is 314 g/mol. The molecule has 2 aromatic rings. The summed E-state index contributed by atoms with van der Waals surface area (Å²) in [6, 6.07) is 12.2. The summed E-state index contributed by atoms with van der Waals surface area (Å²) in [4.78, 5) is 6.82. The standard InChI is InChI=1S/C20H25N3O2/c24-20-12-11-17(22-18(20)15-21-25)9-2-1-5-13-23-14-6-8-16-7-3-4-10-19(16)23/h3-4,7,10-12,15,24-25H,1-2,5-6,8-9,13-14H2. The summed E-state index contributed by atoms with van der Waals surface area (Å²) in [5.74, 6) is 0.0327. The second-order valence-corrected chi connectivity index (χ2v) is 6.48. The predicted octanol–water partition coefficient (Wildman–Crippen LogP) is 3.76. The minimum Gasteiger partial charge on any atom is -0.506 e. The fourth-order valence-corrected chi connectivity index (χ4v) is 3.43. The third-order valence-corrected chi connectivity index (χ3v) is 4.71. The van der Waals surface area contributed by atoms with Crippen molar-refractivity contribution in [2.75, 3.05) is 18.0 Å². The number of unbranched alkanes of at least 4 members (excludes halogenated alkanes) is 2. The van der Waals surface area contributed by atoms with E-state index in [9.17, 15) is 5.11 Å². The molecule has 0 aliphatic carbocycles. The van der Waals surface area contributed by atoms with Crippen molar-refractivity contribution in [3.8, 4) is 5.75 Å².